The maximum atomic E-state index is 2.44. The van der Waals surface area contributed by atoms with Crippen molar-refractivity contribution in [3.63, 3.8) is 0 Å². The topological polar surface area (TPSA) is 0 Å². The molecule has 1 atom stereocenters. The minimum atomic E-state index is 0.696. The third-order valence-corrected chi connectivity index (χ3v) is 4.27. The Kier molecular flexibility index (Phi) is 7.65. The van der Waals surface area contributed by atoms with Crippen molar-refractivity contribution in [1.82, 2.24) is 0 Å². The van der Waals surface area contributed by atoms with Gasteiger partial charge in [-0.05, 0) is 64.7 Å². The van der Waals surface area contributed by atoms with Gasteiger partial charge in [-0.2, -0.15) is 0 Å². The molecule has 0 spiro atoms. The van der Waals surface area contributed by atoms with E-state index in [2.05, 4.69) is 65.0 Å². The predicted molar refractivity (Wildman–Crippen MR) is 91.8 cm³/mol. The summed E-state index contributed by atoms with van der Waals surface area (Å²) in [6, 6.07) is 0. The molecule has 0 heteroatoms. The largest absolute Gasteiger partial charge is 0.0853 e. The highest BCUT2D eigenvalue weighted by molar-refractivity contribution is 5.19. The fraction of sp³-hybridized carbons (Fsp3) is 0.600. The molecule has 1 aliphatic carbocycles. The first-order valence-corrected chi connectivity index (χ1v) is 8.15. The predicted octanol–water partition coefficient (Wildman–Crippen LogP) is 6.62. The molecule has 0 aromatic heterocycles. The summed E-state index contributed by atoms with van der Waals surface area (Å²) in [5.74, 6) is 1.42. The van der Waals surface area contributed by atoms with Gasteiger partial charge >= 0.3 is 0 Å². The Labute approximate surface area is 126 Å². The van der Waals surface area contributed by atoms with E-state index in [0.717, 1.165) is 12.3 Å². The van der Waals surface area contributed by atoms with E-state index in [4.69, 9.17) is 0 Å². The second-order valence-electron chi connectivity index (χ2n) is 6.63. The van der Waals surface area contributed by atoms with Crippen LogP contribution in [0.4, 0.5) is 0 Å². The van der Waals surface area contributed by atoms with E-state index in [9.17, 15) is 0 Å². The molecule has 1 rings (SSSR count). The zero-order chi connectivity index (χ0) is 15.0. The molecule has 112 valence electrons. The first-order chi connectivity index (χ1) is 9.49. The molecule has 1 unspecified atom stereocenters. The molecule has 0 amide bonds. The van der Waals surface area contributed by atoms with Gasteiger partial charge < -0.3 is 0 Å². The van der Waals surface area contributed by atoms with Crippen LogP contribution in [-0.2, 0) is 0 Å². The smallest absolute Gasteiger partial charge is 0.0161 e. The molecule has 1 aliphatic rings. The van der Waals surface area contributed by atoms with Crippen LogP contribution in [0.1, 0.15) is 66.7 Å². The highest BCUT2D eigenvalue weighted by Crippen LogP contribution is 2.23. The Morgan fingerprint density at radius 2 is 1.65 bits per heavy atom. The fourth-order valence-electron chi connectivity index (χ4n) is 2.59. The summed E-state index contributed by atoms with van der Waals surface area (Å²) < 4.78 is 0. The summed E-state index contributed by atoms with van der Waals surface area (Å²) in [6.07, 6.45) is 17.9. The van der Waals surface area contributed by atoms with E-state index >= 15 is 0 Å². The third kappa shape index (κ3) is 6.93. The number of allylic oxidation sites excluding steroid dienone is 8. The van der Waals surface area contributed by atoms with Crippen LogP contribution < -0.4 is 0 Å². The van der Waals surface area contributed by atoms with E-state index in [1.54, 1.807) is 5.57 Å². The van der Waals surface area contributed by atoms with E-state index < -0.39 is 0 Å². The van der Waals surface area contributed by atoms with Gasteiger partial charge in [0.25, 0.3) is 0 Å². The van der Waals surface area contributed by atoms with Crippen LogP contribution in [0.5, 0.6) is 0 Å². The number of hydrogen-bond acceptors (Lipinski definition) is 0. The maximum absolute atomic E-state index is 2.44. The van der Waals surface area contributed by atoms with E-state index in [1.807, 2.05) is 0 Å². The molecule has 0 saturated carbocycles. The molecule has 0 aromatic carbocycles. The third-order valence-electron chi connectivity index (χ3n) is 4.27. The summed E-state index contributed by atoms with van der Waals surface area (Å²) in [4.78, 5) is 0. The highest BCUT2D eigenvalue weighted by atomic mass is 14.1. The summed E-state index contributed by atoms with van der Waals surface area (Å²) >= 11 is 0. The lowest BCUT2D eigenvalue weighted by atomic mass is 9.88. The summed E-state index contributed by atoms with van der Waals surface area (Å²) in [5.41, 5.74) is 4.46. The van der Waals surface area contributed by atoms with Crippen molar-refractivity contribution in [3.05, 3.63) is 47.1 Å². The summed E-state index contributed by atoms with van der Waals surface area (Å²) in [6.45, 7) is 11.4. The molecule has 0 aromatic rings. The van der Waals surface area contributed by atoms with Crippen molar-refractivity contribution >= 4 is 0 Å². The zero-order valence-corrected chi connectivity index (χ0v) is 14.1. The van der Waals surface area contributed by atoms with Gasteiger partial charge in [-0.15, -0.1) is 0 Å². The monoisotopic (exact) mass is 272 g/mol. The van der Waals surface area contributed by atoms with Gasteiger partial charge in [0.15, 0.2) is 0 Å². The Balaban J connectivity index is 2.85. The summed E-state index contributed by atoms with van der Waals surface area (Å²) in [7, 11) is 0. The van der Waals surface area contributed by atoms with Gasteiger partial charge in [0.2, 0.25) is 0 Å². The Morgan fingerprint density at radius 1 is 0.950 bits per heavy atom. The normalized spacial score (nSPS) is 32.3. The SMILES string of the molecule is CC1=C\C/C=C(\C)CC/C=C(\C)CCC(C(C)C)/C=C\1. The van der Waals surface area contributed by atoms with E-state index in [1.165, 1.54) is 36.8 Å². The molecular weight excluding hydrogens is 240 g/mol. The zero-order valence-electron chi connectivity index (χ0n) is 14.1. The maximum Gasteiger partial charge on any atom is -0.0161 e. The first kappa shape index (κ1) is 17.0. The van der Waals surface area contributed by atoms with Gasteiger partial charge in [0, 0.05) is 0 Å². The average molecular weight is 272 g/mol. The molecule has 0 radical (unpaired) electrons. The van der Waals surface area contributed by atoms with E-state index in [-0.39, 0.29) is 0 Å². The lowest BCUT2D eigenvalue weighted by Gasteiger charge is -2.17. The molecule has 0 nitrogen and oxygen atoms in total. The van der Waals surface area contributed by atoms with Crippen molar-refractivity contribution in [3.8, 4) is 0 Å². The van der Waals surface area contributed by atoms with Crippen LogP contribution in [0, 0.1) is 11.8 Å². The average Bonchev–Trinajstić information content (AvgIpc) is 2.37. The molecule has 0 aliphatic heterocycles. The van der Waals surface area contributed by atoms with Crippen LogP contribution in [0.15, 0.2) is 47.1 Å². The highest BCUT2D eigenvalue weighted by Gasteiger charge is 2.09. The van der Waals surface area contributed by atoms with Gasteiger partial charge in [-0.3, -0.25) is 0 Å². The molecule has 0 heterocycles. The van der Waals surface area contributed by atoms with Crippen molar-refractivity contribution < 1.29 is 0 Å². The van der Waals surface area contributed by atoms with Crippen LogP contribution in [0.25, 0.3) is 0 Å². The van der Waals surface area contributed by atoms with Crippen molar-refractivity contribution in [1.29, 1.82) is 0 Å². The lowest BCUT2D eigenvalue weighted by molar-refractivity contribution is 0.435. The minimum Gasteiger partial charge on any atom is -0.0853 e. The lowest BCUT2D eigenvalue weighted by Crippen LogP contribution is -2.05. The Morgan fingerprint density at radius 3 is 2.35 bits per heavy atom. The van der Waals surface area contributed by atoms with Crippen LogP contribution in [0.2, 0.25) is 0 Å². The van der Waals surface area contributed by atoms with Gasteiger partial charge in [-0.25, -0.2) is 0 Å². The van der Waals surface area contributed by atoms with Gasteiger partial charge in [-0.1, -0.05) is 60.9 Å². The second kappa shape index (κ2) is 9.00. The van der Waals surface area contributed by atoms with E-state index in [0.29, 0.717) is 5.92 Å². The molecule has 0 N–H and O–H groups in total. The molecule has 0 fully saturated rings. The molecular formula is C20H32. The Bertz CT molecular complexity index is 402. The standard InChI is InChI=1S/C20H32/c1-16(2)20-14-12-18(4)10-6-8-17(3)9-7-11-19(5)13-15-20/h8,10-12,14,16,20H,6-7,9,13,15H2,1-5H3/b14-12-,17-8+,18-10+,19-11+. The van der Waals surface area contributed by atoms with Gasteiger partial charge in [0.05, 0.1) is 0 Å². The molecule has 0 saturated heterocycles. The molecule has 0 bridgehead atoms. The second-order valence-corrected chi connectivity index (χ2v) is 6.63. The number of hydrogen-bond donors (Lipinski definition) is 0. The van der Waals surface area contributed by atoms with Crippen molar-refractivity contribution in [2.45, 2.75) is 66.7 Å². The van der Waals surface area contributed by atoms with Crippen LogP contribution in [-0.4, -0.2) is 0 Å². The van der Waals surface area contributed by atoms with Crippen molar-refractivity contribution in [2.24, 2.45) is 11.8 Å². The van der Waals surface area contributed by atoms with Gasteiger partial charge in [0.1, 0.15) is 0 Å². The molecule has 20 heavy (non-hydrogen) atoms. The number of rotatable bonds is 1. The summed E-state index contributed by atoms with van der Waals surface area (Å²) in [5, 5.41) is 0. The first-order valence-electron chi connectivity index (χ1n) is 8.15. The Hall–Kier alpha value is -1.04. The minimum absolute atomic E-state index is 0.696. The van der Waals surface area contributed by atoms with Crippen LogP contribution in [0.3, 0.4) is 0 Å². The van der Waals surface area contributed by atoms with Crippen LogP contribution >= 0.6 is 0 Å². The fourth-order valence-corrected chi connectivity index (χ4v) is 2.59. The quantitative estimate of drug-likeness (QED) is 0.471. The van der Waals surface area contributed by atoms with Crippen molar-refractivity contribution in [2.75, 3.05) is 0 Å².